The van der Waals surface area contributed by atoms with Crippen molar-refractivity contribution in [3.8, 4) is 0 Å². The minimum Gasteiger partial charge on any atom is -0.385 e. The zero-order valence-electron chi connectivity index (χ0n) is 17.0. The maximum absolute atomic E-state index is 6.01. The third kappa shape index (κ3) is 8.83. The monoisotopic (exact) mass is 356 g/mol. The van der Waals surface area contributed by atoms with Crippen molar-refractivity contribution in [1.29, 1.82) is 0 Å². The van der Waals surface area contributed by atoms with Crippen LogP contribution in [0.15, 0.2) is 0 Å². The average Bonchev–Trinajstić information content (AvgIpc) is 2.52. The lowest BCUT2D eigenvalue weighted by atomic mass is 9.91. The van der Waals surface area contributed by atoms with Crippen LogP contribution in [0.25, 0.3) is 0 Å². The van der Waals surface area contributed by atoms with Crippen molar-refractivity contribution < 1.29 is 14.2 Å². The van der Waals surface area contributed by atoms with E-state index in [0.717, 1.165) is 32.6 Å². The highest BCUT2D eigenvalue weighted by Crippen LogP contribution is 2.29. The molecule has 0 amide bonds. The third-order valence-electron chi connectivity index (χ3n) is 5.12. The van der Waals surface area contributed by atoms with Crippen molar-refractivity contribution in [3.05, 3.63) is 0 Å². The Bertz CT molecular complexity index is 345. The second kappa shape index (κ2) is 10.8. The van der Waals surface area contributed by atoms with E-state index in [0.29, 0.717) is 12.2 Å². The Labute approximate surface area is 155 Å². The second-order valence-electron chi connectivity index (χ2n) is 8.55. The Morgan fingerprint density at radius 2 is 1.44 bits per heavy atom. The smallest absolute Gasteiger partial charge is 0.0631 e. The maximum atomic E-state index is 6.01. The van der Waals surface area contributed by atoms with Gasteiger partial charge in [0.2, 0.25) is 0 Å². The molecule has 2 fully saturated rings. The molecule has 1 saturated heterocycles. The number of nitrogens with zero attached hydrogens (tertiary/aromatic N) is 2. The highest BCUT2D eigenvalue weighted by atomic mass is 16.5. The molecule has 5 nitrogen and oxygen atoms in total. The van der Waals surface area contributed by atoms with Crippen LogP contribution in [0.3, 0.4) is 0 Å². The first-order chi connectivity index (χ1) is 12.0. The molecule has 2 aliphatic rings. The van der Waals surface area contributed by atoms with E-state index in [1.807, 2.05) is 0 Å². The van der Waals surface area contributed by atoms with E-state index >= 15 is 0 Å². The second-order valence-corrected chi connectivity index (χ2v) is 8.55. The molecule has 1 aliphatic heterocycles. The van der Waals surface area contributed by atoms with Crippen molar-refractivity contribution in [2.24, 2.45) is 0 Å². The predicted molar refractivity (Wildman–Crippen MR) is 102 cm³/mol. The van der Waals surface area contributed by atoms with Gasteiger partial charge >= 0.3 is 0 Å². The summed E-state index contributed by atoms with van der Waals surface area (Å²) in [6.07, 6.45) is 6.71. The largest absolute Gasteiger partial charge is 0.385 e. The molecule has 0 unspecified atom stereocenters. The standard InChI is InChI=1S/C20H40N2O3/c1-20(2,3)25-19-16-18(17-19)24-15-13-22-11-9-21(10-12-22)8-6-5-7-14-23-4/h18-19H,5-17H2,1-4H3. The molecule has 0 atom stereocenters. The lowest BCUT2D eigenvalue weighted by Crippen LogP contribution is -2.48. The molecule has 0 bridgehead atoms. The fourth-order valence-corrected chi connectivity index (χ4v) is 3.59. The Kier molecular flexibility index (Phi) is 9.14. The summed E-state index contributed by atoms with van der Waals surface area (Å²) < 4.78 is 17.1. The first kappa shape index (κ1) is 21.1. The molecule has 0 N–H and O–H groups in total. The van der Waals surface area contributed by atoms with Gasteiger partial charge in [0.05, 0.1) is 24.4 Å². The maximum Gasteiger partial charge on any atom is 0.0631 e. The molecular formula is C20H40N2O3. The zero-order valence-corrected chi connectivity index (χ0v) is 17.0. The van der Waals surface area contributed by atoms with Gasteiger partial charge in [-0.05, 0) is 59.4 Å². The molecule has 1 saturated carbocycles. The number of hydrogen-bond acceptors (Lipinski definition) is 5. The minimum atomic E-state index is -0.0287. The molecule has 5 heteroatoms. The van der Waals surface area contributed by atoms with Crippen molar-refractivity contribution >= 4 is 0 Å². The summed E-state index contributed by atoms with van der Waals surface area (Å²) in [5, 5.41) is 0. The Morgan fingerprint density at radius 1 is 0.800 bits per heavy atom. The molecule has 2 rings (SSSR count). The first-order valence-corrected chi connectivity index (χ1v) is 10.2. The number of hydrogen-bond donors (Lipinski definition) is 0. The summed E-state index contributed by atoms with van der Waals surface area (Å²) >= 11 is 0. The summed E-state index contributed by atoms with van der Waals surface area (Å²) in [6.45, 7) is 15.2. The lowest BCUT2D eigenvalue weighted by molar-refractivity contribution is -0.149. The van der Waals surface area contributed by atoms with Gasteiger partial charge in [-0.25, -0.2) is 0 Å². The molecule has 0 radical (unpaired) electrons. The van der Waals surface area contributed by atoms with Crippen molar-refractivity contribution in [2.45, 2.75) is 70.7 Å². The van der Waals surface area contributed by atoms with Crippen LogP contribution in [0.1, 0.15) is 52.9 Å². The van der Waals surface area contributed by atoms with Crippen molar-refractivity contribution in [1.82, 2.24) is 9.80 Å². The molecule has 0 spiro atoms. The fourth-order valence-electron chi connectivity index (χ4n) is 3.59. The van der Waals surface area contributed by atoms with Gasteiger partial charge in [-0.1, -0.05) is 0 Å². The average molecular weight is 357 g/mol. The van der Waals surface area contributed by atoms with Crippen LogP contribution in [0, 0.1) is 0 Å². The van der Waals surface area contributed by atoms with Crippen LogP contribution in [-0.2, 0) is 14.2 Å². The van der Waals surface area contributed by atoms with E-state index in [1.165, 1.54) is 52.0 Å². The van der Waals surface area contributed by atoms with Gasteiger partial charge in [-0.2, -0.15) is 0 Å². The van der Waals surface area contributed by atoms with Crippen LogP contribution in [-0.4, -0.2) is 87.2 Å². The van der Waals surface area contributed by atoms with E-state index < -0.39 is 0 Å². The molecule has 1 aliphatic carbocycles. The molecule has 0 aromatic heterocycles. The highest BCUT2D eigenvalue weighted by Gasteiger charge is 2.33. The number of methoxy groups -OCH3 is 1. The Morgan fingerprint density at radius 3 is 2.04 bits per heavy atom. The van der Waals surface area contributed by atoms with E-state index in [9.17, 15) is 0 Å². The zero-order chi connectivity index (χ0) is 18.1. The lowest BCUT2D eigenvalue weighted by Gasteiger charge is -2.39. The quantitative estimate of drug-likeness (QED) is 0.532. The molecule has 0 aromatic carbocycles. The number of rotatable bonds is 11. The summed E-state index contributed by atoms with van der Waals surface area (Å²) in [5.41, 5.74) is -0.0287. The highest BCUT2D eigenvalue weighted by molar-refractivity contribution is 4.83. The molecular weight excluding hydrogens is 316 g/mol. The van der Waals surface area contributed by atoms with E-state index in [-0.39, 0.29) is 5.60 Å². The van der Waals surface area contributed by atoms with Gasteiger partial charge in [-0.3, -0.25) is 4.90 Å². The fraction of sp³-hybridized carbons (Fsp3) is 1.00. The SMILES string of the molecule is COCCCCCN1CCN(CCOC2CC(OC(C)(C)C)C2)CC1. The van der Waals surface area contributed by atoms with Crippen molar-refractivity contribution in [3.63, 3.8) is 0 Å². The van der Waals surface area contributed by atoms with E-state index in [1.54, 1.807) is 7.11 Å². The normalized spacial score (nSPS) is 25.9. The van der Waals surface area contributed by atoms with Crippen molar-refractivity contribution in [2.75, 3.05) is 59.6 Å². The number of unbranched alkanes of at least 4 members (excludes halogenated alkanes) is 2. The Hall–Kier alpha value is -0.200. The van der Waals surface area contributed by atoms with Gasteiger partial charge in [-0.15, -0.1) is 0 Å². The van der Waals surface area contributed by atoms with E-state index in [4.69, 9.17) is 14.2 Å². The van der Waals surface area contributed by atoms with Gasteiger partial charge in [0.1, 0.15) is 0 Å². The summed E-state index contributed by atoms with van der Waals surface area (Å²) in [7, 11) is 1.78. The van der Waals surface area contributed by atoms with Crippen LogP contribution in [0.5, 0.6) is 0 Å². The third-order valence-corrected chi connectivity index (χ3v) is 5.12. The number of piperazine rings is 1. The van der Waals surface area contributed by atoms with Crippen LogP contribution < -0.4 is 0 Å². The van der Waals surface area contributed by atoms with Crippen LogP contribution >= 0.6 is 0 Å². The van der Waals surface area contributed by atoms with Gasteiger partial charge in [0.15, 0.2) is 0 Å². The van der Waals surface area contributed by atoms with Gasteiger partial charge in [0.25, 0.3) is 0 Å². The summed E-state index contributed by atoms with van der Waals surface area (Å²) in [6, 6.07) is 0. The molecule has 148 valence electrons. The molecule has 0 aromatic rings. The molecule has 25 heavy (non-hydrogen) atoms. The first-order valence-electron chi connectivity index (χ1n) is 10.2. The molecule has 1 heterocycles. The minimum absolute atomic E-state index is 0.0287. The topological polar surface area (TPSA) is 34.2 Å². The summed E-state index contributed by atoms with van der Waals surface area (Å²) in [4.78, 5) is 5.15. The van der Waals surface area contributed by atoms with Gasteiger partial charge < -0.3 is 19.1 Å². The Balaban J connectivity index is 1.43. The summed E-state index contributed by atoms with van der Waals surface area (Å²) in [5.74, 6) is 0. The number of ether oxygens (including phenoxy) is 3. The van der Waals surface area contributed by atoms with Crippen LogP contribution in [0.4, 0.5) is 0 Å². The van der Waals surface area contributed by atoms with E-state index in [2.05, 4.69) is 30.6 Å². The van der Waals surface area contributed by atoms with Gasteiger partial charge in [0, 0.05) is 46.4 Å². The predicted octanol–water partition coefficient (Wildman–Crippen LogP) is 2.78. The van der Waals surface area contributed by atoms with Crippen LogP contribution in [0.2, 0.25) is 0 Å².